The summed E-state index contributed by atoms with van der Waals surface area (Å²) < 4.78 is 5.36. The summed E-state index contributed by atoms with van der Waals surface area (Å²) >= 11 is 0. The van der Waals surface area contributed by atoms with Gasteiger partial charge >= 0.3 is 5.97 Å². The number of benzene rings is 1. The van der Waals surface area contributed by atoms with E-state index in [1.807, 2.05) is 19.1 Å². The van der Waals surface area contributed by atoms with E-state index in [0.717, 1.165) is 24.3 Å². The lowest BCUT2D eigenvalue weighted by molar-refractivity contribution is -0.139. The number of methoxy groups -OCH3 is 1. The van der Waals surface area contributed by atoms with Gasteiger partial charge in [0.2, 0.25) is 0 Å². The molecule has 0 radical (unpaired) electrons. The Balaban J connectivity index is 2.59. The van der Waals surface area contributed by atoms with Crippen LogP contribution in [-0.4, -0.2) is 29.8 Å². The smallest absolute Gasteiger partial charge is 0.326 e. The molecule has 2 rings (SSSR count). The van der Waals surface area contributed by atoms with Crippen molar-refractivity contribution in [3.8, 4) is 5.75 Å². The SMILES string of the molecule is CCC[C@@H](C(=O)O)N1c2cc(OC)ccc2[C@@H](C)CC1(C)C. The van der Waals surface area contributed by atoms with E-state index >= 15 is 0 Å². The average Bonchev–Trinajstić information content (AvgIpc) is 2.44. The van der Waals surface area contributed by atoms with Crippen molar-refractivity contribution in [2.45, 2.75) is 64.5 Å². The van der Waals surface area contributed by atoms with E-state index in [2.05, 4.69) is 31.7 Å². The molecular formula is C18H27NO3. The first-order valence-corrected chi connectivity index (χ1v) is 8.02. The summed E-state index contributed by atoms with van der Waals surface area (Å²) in [4.78, 5) is 13.9. The number of carbonyl (C=O) groups is 1. The Morgan fingerprint density at radius 3 is 2.73 bits per heavy atom. The van der Waals surface area contributed by atoms with E-state index in [1.165, 1.54) is 5.56 Å². The van der Waals surface area contributed by atoms with Gasteiger partial charge in [-0.25, -0.2) is 4.79 Å². The van der Waals surface area contributed by atoms with Crippen LogP contribution in [0.4, 0.5) is 5.69 Å². The zero-order chi connectivity index (χ0) is 16.5. The van der Waals surface area contributed by atoms with Crippen molar-refractivity contribution in [3.05, 3.63) is 23.8 Å². The highest BCUT2D eigenvalue weighted by atomic mass is 16.5. The third-order valence-corrected chi connectivity index (χ3v) is 4.64. The number of ether oxygens (including phenoxy) is 1. The van der Waals surface area contributed by atoms with E-state index in [4.69, 9.17) is 4.74 Å². The first-order valence-electron chi connectivity index (χ1n) is 8.02. The molecule has 4 heteroatoms. The number of rotatable bonds is 5. The van der Waals surface area contributed by atoms with Gasteiger partial charge in [-0.3, -0.25) is 0 Å². The van der Waals surface area contributed by atoms with E-state index in [1.54, 1.807) is 7.11 Å². The standard InChI is InChI=1S/C18H27NO3/c1-6-7-15(17(20)21)19-16-10-13(22-5)8-9-14(16)12(2)11-18(19,3)4/h8-10,12,15H,6-7,11H2,1-5H3,(H,20,21)/t12-,15-/m0/s1. The van der Waals surface area contributed by atoms with Crippen molar-refractivity contribution >= 4 is 11.7 Å². The summed E-state index contributed by atoms with van der Waals surface area (Å²) in [5.41, 5.74) is 2.02. The Labute approximate surface area is 133 Å². The van der Waals surface area contributed by atoms with Gasteiger partial charge in [-0.05, 0) is 44.2 Å². The van der Waals surface area contributed by atoms with E-state index < -0.39 is 12.0 Å². The number of carboxylic acid groups (broad SMARTS) is 1. The first-order chi connectivity index (χ1) is 10.3. The second kappa shape index (κ2) is 6.19. The molecule has 1 aliphatic rings. The molecule has 0 unspecified atom stereocenters. The van der Waals surface area contributed by atoms with Gasteiger partial charge in [0, 0.05) is 17.3 Å². The minimum Gasteiger partial charge on any atom is -0.497 e. The molecule has 0 spiro atoms. The van der Waals surface area contributed by atoms with Gasteiger partial charge in [-0.15, -0.1) is 0 Å². The molecule has 22 heavy (non-hydrogen) atoms. The number of fused-ring (bicyclic) bond motifs is 1. The largest absolute Gasteiger partial charge is 0.497 e. The molecule has 1 aromatic rings. The van der Waals surface area contributed by atoms with Crippen LogP contribution in [0.1, 0.15) is 58.4 Å². The molecular weight excluding hydrogens is 278 g/mol. The second-order valence-corrected chi connectivity index (χ2v) is 6.86. The maximum atomic E-state index is 11.8. The van der Waals surface area contributed by atoms with Gasteiger partial charge in [0.25, 0.3) is 0 Å². The monoisotopic (exact) mass is 305 g/mol. The summed E-state index contributed by atoms with van der Waals surface area (Å²) in [5, 5.41) is 9.73. The molecule has 0 amide bonds. The second-order valence-electron chi connectivity index (χ2n) is 6.86. The molecule has 2 atom stereocenters. The van der Waals surface area contributed by atoms with Crippen molar-refractivity contribution in [1.82, 2.24) is 0 Å². The first kappa shape index (κ1) is 16.7. The normalized spacial score (nSPS) is 21.1. The van der Waals surface area contributed by atoms with Crippen molar-refractivity contribution in [2.24, 2.45) is 0 Å². The van der Waals surface area contributed by atoms with Crippen molar-refractivity contribution in [2.75, 3.05) is 12.0 Å². The zero-order valence-electron chi connectivity index (χ0n) is 14.2. The van der Waals surface area contributed by atoms with Gasteiger partial charge in [0.1, 0.15) is 11.8 Å². The number of carboxylic acids is 1. The molecule has 4 nitrogen and oxygen atoms in total. The van der Waals surface area contributed by atoms with Crippen LogP contribution in [0.25, 0.3) is 0 Å². The number of hydrogen-bond donors (Lipinski definition) is 1. The Bertz CT molecular complexity index is 553. The highest BCUT2D eigenvalue weighted by Gasteiger charge is 2.42. The lowest BCUT2D eigenvalue weighted by Crippen LogP contribution is -2.56. The van der Waals surface area contributed by atoms with Crippen LogP contribution in [-0.2, 0) is 4.79 Å². The van der Waals surface area contributed by atoms with E-state index in [9.17, 15) is 9.90 Å². The fourth-order valence-corrected chi connectivity index (χ4v) is 3.79. The van der Waals surface area contributed by atoms with Crippen LogP contribution in [0.2, 0.25) is 0 Å². The molecule has 0 aliphatic carbocycles. The maximum absolute atomic E-state index is 11.8. The molecule has 1 aromatic carbocycles. The molecule has 122 valence electrons. The number of anilines is 1. The minimum atomic E-state index is -0.752. The van der Waals surface area contributed by atoms with Crippen LogP contribution in [0.3, 0.4) is 0 Å². The van der Waals surface area contributed by atoms with Crippen molar-refractivity contribution in [3.63, 3.8) is 0 Å². The third-order valence-electron chi connectivity index (χ3n) is 4.64. The van der Waals surface area contributed by atoms with Crippen LogP contribution in [0.5, 0.6) is 5.75 Å². The van der Waals surface area contributed by atoms with Gasteiger partial charge in [0.05, 0.1) is 7.11 Å². The Hall–Kier alpha value is -1.71. The molecule has 1 aliphatic heterocycles. The Kier molecular flexibility index (Phi) is 4.69. The van der Waals surface area contributed by atoms with Crippen LogP contribution in [0.15, 0.2) is 18.2 Å². The van der Waals surface area contributed by atoms with Crippen LogP contribution < -0.4 is 9.64 Å². The van der Waals surface area contributed by atoms with Crippen molar-refractivity contribution < 1.29 is 14.6 Å². The van der Waals surface area contributed by atoms with Gasteiger partial charge in [0.15, 0.2) is 0 Å². The summed E-state index contributed by atoms with van der Waals surface area (Å²) in [6, 6.07) is 5.52. The number of hydrogen-bond acceptors (Lipinski definition) is 3. The van der Waals surface area contributed by atoms with Gasteiger partial charge in [-0.2, -0.15) is 0 Å². The quantitative estimate of drug-likeness (QED) is 0.892. The third kappa shape index (κ3) is 2.92. The average molecular weight is 305 g/mol. The number of aliphatic carboxylic acids is 1. The predicted octanol–water partition coefficient (Wildman–Crippen LogP) is 4.04. The molecule has 0 bridgehead atoms. The molecule has 0 aromatic heterocycles. The predicted molar refractivity (Wildman–Crippen MR) is 88.9 cm³/mol. The highest BCUT2D eigenvalue weighted by molar-refractivity contribution is 5.80. The number of nitrogens with zero attached hydrogens (tertiary/aromatic N) is 1. The minimum absolute atomic E-state index is 0.197. The lowest BCUT2D eigenvalue weighted by atomic mass is 9.78. The lowest BCUT2D eigenvalue weighted by Gasteiger charge is -2.50. The van der Waals surface area contributed by atoms with E-state index in [0.29, 0.717) is 12.3 Å². The maximum Gasteiger partial charge on any atom is 0.326 e. The summed E-state index contributed by atoms with van der Waals surface area (Å²) in [6.07, 6.45) is 2.43. The van der Waals surface area contributed by atoms with E-state index in [-0.39, 0.29) is 5.54 Å². The topological polar surface area (TPSA) is 49.8 Å². The Morgan fingerprint density at radius 2 is 2.18 bits per heavy atom. The molecule has 0 saturated carbocycles. The molecule has 0 fully saturated rings. The van der Waals surface area contributed by atoms with Crippen LogP contribution in [0, 0.1) is 0 Å². The zero-order valence-corrected chi connectivity index (χ0v) is 14.2. The summed E-state index contributed by atoms with van der Waals surface area (Å²) in [6.45, 7) is 8.51. The Morgan fingerprint density at radius 1 is 1.50 bits per heavy atom. The van der Waals surface area contributed by atoms with Gasteiger partial charge < -0.3 is 14.7 Å². The molecule has 1 N–H and O–H groups in total. The van der Waals surface area contributed by atoms with Crippen LogP contribution >= 0.6 is 0 Å². The summed E-state index contributed by atoms with van der Waals surface area (Å²) in [5.74, 6) is 0.427. The van der Waals surface area contributed by atoms with Gasteiger partial charge in [-0.1, -0.05) is 26.3 Å². The van der Waals surface area contributed by atoms with Crippen molar-refractivity contribution in [1.29, 1.82) is 0 Å². The summed E-state index contributed by atoms with van der Waals surface area (Å²) in [7, 11) is 1.64. The highest BCUT2D eigenvalue weighted by Crippen LogP contribution is 2.46. The molecule has 0 saturated heterocycles. The fraction of sp³-hybridized carbons (Fsp3) is 0.611. The molecule has 1 heterocycles. The fourth-order valence-electron chi connectivity index (χ4n) is 3.79.